The van der Waals surface area contributed by atoms with E-state index in [0.29, 0.717) is 37.3 Å². The fraction of sp³-hybridized carbons (Fsp3) is 0.458. The van der Waals surface area contributed by atoms with Gasteiger partial charge >= 0.3 is 6.09 Å². The van der Waals surface area contributed by atoms with Crippen molar-refractivity contribution in [2.75, 3.05) is 17.4 Å². The number of anilines is 1. The zero-order valence-electron chi connectivity index (χ0n) is 20.5. The molecule has 1 fully saturated rings. The number of carbonyl (C=O) groups is 2. The number of nitrogens with one attached hydrogen (secondary N) is 1. The van der Waals surface area contributed by atoms with Gasteiger partial charge in [0.15, 0.2) is 0 Å². The van der Waals surface area contributed by atoms with Crippen molar-refractivity contribution in [1.82, 2.24) is 15.3 Å². The van der Waals surface area contributed by atoms with E-state index in [0.717, 1.165) is 5.56 Å². The number of pyridine rings is 1. The molecule has 2 heterocycles. The molecule has 190 valence electrons. The average Bonchev–Trinajstić information content (AvgIpc) is 2.81. The van der Waals surface area contributed by atoms with E-state index in [2.05, 4.69) is 4.98 Å². The standard InChI is InChI=1S/C24H33N5O5S/c1-17-6-5-7-20(14-17)29(16-19-9-8-18(15-26-19)22(30)27-25)35(32,33)21-10-12-28(13-11-21)23(31)34-24(2,3)4/h5-9,14-15,21H,10-13,16,25H2,1-4H3,(H,27,30). The third kappa shape index (κ3) is 6.70. The number of hydrazine groups is 1. The summed E-state index contributed by atoms with van der Waals surface area (Å²) in [4.78, 5) is 29.9. The van der Waals surface area contributed by atoms with Crippen LogP contribution in [0.5, 0.6) is 0 Å². The van der Waals surface area contributed by atoms with E-state index >= 15 is 0 Å². The summed E-state index contributed by atoms with van der Waals surface area (Å²) >= 11 is 0. The van der Waals surface area contributed by atoms with Crippen LogP contribution in [-0.2, 0) is 21.3 Å². The lowest BCUT2D eigenvalue weighted by Crippen LogP contribution is -2.48. The van der Waals surface area contributed by atoms with E-state index < -0.39 is 32.9 Å². The van der Waals surface area contributed by atoms with Gasteiger partial charge in [-0.15, -0.1) is 0 Å². The minimum atomic E-state index is -3.79. The first-order valence-corrected chi connectivity index (χ1v) is 12.9. The van der Waals surface area contributed by atoms with Gasteiger partial charge in [-0.3, -0.25) is 19.5 Å². The number of carbonyl (C=O) groups excluding carboxylic acids is 2. The van der Waals surface area contributed by atoms with E-state index in [-0.39, 0.29) is 12.1 Å². The predicted octanol–water partition coefficient (Wildman–Crippen LogP) is 2.73. The Hall–Kier alpha value is -3.18. The van der Waals surface area contributed by atoms with Crippen LogP contribution in [0.15, 0.2) is 42.6 Å². The zero-order valence-corrected chi connectivity index (χ0v) is 21.3. The number of nitrogens with zero attached hydrogens (tertiary/aromatic N) is 3. The fourth-order valence-electron chi connectivity index (χ4n) is 3.84. The van der Waals surface area contributed by atoms with Crippen molar-refractivity contribution in [3.05, 3.63) is 59.4 Å². The second kappa shape index (κ2) is 10.6. The van der Waals surface area contributed by atoms with Crippen molar-refractivity contribution in [2.45, 2.75) is 57.9 Å². The molecule has 1 aromatic heterocycles. The highest BCUT2D eigenvalue weighted by molar-refractivity contribution is 7.93. The Kier molecular flexibility index (Phi) is 8.01. The summed E-state index contributed by atoms with van der Waals surface area (Å²) in [6, 6.07) is 10.4. The molecule has 0 saturated carbocycles. The number of hydrogen-bond acceptors (Lipinski definition) is 7. The van der Waals surface area contributed by atoms with Crippen LogP contribution in [0, 0.1) is 6.92 Å². The van der Waals surface area contributed by atoms with Crippen LogP contribution in [-0.4, -0.2) is 54.2 Å². The van der Waals surface area contributed by atoms with Crippen molar-refractivity contribution in [3.63, 3.8) is 0 Å². The molecular weight excluding hydrogens is 470 g/mol. The number of hydrogen-bond donors (Lipinski definition) is 2. The summed E-state index contributed by atoms with van der Waals surface area (Å²) in [5.74, 6) is 4.68. The number of ether oxygens (including phenoxy) is 1. The summed E-state index contributed by atoms with van der Waals surface area (Å²) in [6.07, 6.45) is 1.52. The Balaban J connectivity index is 1.82. The second-order valence-corrected chi connectivity index (χ2v) is 11.7. The number of benzene rings is 1. The molecule has 0 aliphatic carbocycles. The Bertz CT molecular complexity index is 1150. The van der Waals surface area contributed by atoms with Crippen molar-refractivity contribution >= 4 is 27.7 Å². The Morgan fingerprint density at radius 3 is 2.43 bits per heavy atom. The molecule has 2 amide bonds. The summed E-state index contributed by atoms with van der Waals surface area (Å²) in [5, 5.41) is -0.663. The summed E-state index contributed by atoms with van der Waals surface area (Å²) < 4.78 is 34.4. The lowest BCUT2D eigenvalue weighted by molar-refractivity contribution is 0.0217. The number of aryl methyl sites for hydroxylation is 1. The maximum absolute atomic E-state index is 13.8. The minimum absolute atomic E-state index is 0.00257. The van der Waals surface area contributed by atoms with Crippen molar-refractivity contribution in [3.8, 4) is 0 Å². The van der Waals surface area contributed by atoms with E-state index in [1.807, 2.05) is 24.5 Å². The smallest absolute Gasteiger partial charge is 0.410 e. The number of likely N-dealkylation sites (tertiary alicyclic amines) is 1. The third-order valence-corrected chi connectivity index (χ3v) is 7.90. The Labute approximate surface area is 206 Å². The number of sulfonamides is 1. The van der Waals surface area contributed by atoms with E-state index in [1.165, 1.54) is 10.5 Å². The first-order valence-electron chi connectivity index (χ1n) is 11.4. The maximum Gasteiger partial charge on any atom is 0.410 e. The molecule has 0 spiro atoms. The zero-order chi connectivity index (χ0) is 25.8. The summed E-state index contributed by atoms with van der Waals surface area (Å²) in [7, 11) is -3.79. The number of aromatic nitrogens is 1. The van der Waals surface area contributed by atoms with Gasteiger partial charge < -0.3 is 9.64 Å². The van der Waals surface area contributed by atoms with Gasteiger partial charge in [-0.1, -0.05) is 12.1 Å². The summed E-state index contributed by atoms with van der Waals surface area (Å²) in [5.41, 5.74) is 3.64. The lowest BCUT2D eigenvalue weighted by atomic mass is 10.1. The molecule has 1 aliphatic heterocycles. The molecule has 1 saturated heterocycles. The lowest BCUT2D eigenvalue weighted by Gasteiger charge is -2.36. The molecule has 0 bridgehead atoms. The molecule has 1 aromatic carbocycles. The van der Waals surface area contributed by atoms with Crippen LogP contribution in [0.4, 0.5) is 10.5 Å². The predicted molar refractivity (Wildman–Crippen MR) is 133 cm³/mol. The van der Waals surface area contributed by atoms with Crippen LogP contribution in [0.25, 0.3) is 0 Å². The largest absolute Gasteiger partial charge is 0.444 e. The maximum atomic E-state index is 13.8. The second-order valence-electron chi connectivity index (χ2n) is 9.57. The first kappa shape index (κ1) is 26.4. The van der Waals surface area contributed by atoms with Crippen molar-refractivity contribution in [2.24, 2.45) is 5.84 Å². The molecule has 2 aromatic rings. The van der Waals surface area contributed by atoms with Crippen LogP contribution in [0.3, 0.4) is 0 Å². The van der Waals surface area contributed by atoms with Crippen LogP contribution in [0.2, 0.25) is 0 Å². The molecule has 1 aliphatic rings. The van der Waals surface area contributed by atoms with Crippen molar-refractivity contribution in [1.29, 1.82) is 0 Å². The highest BCUT2D eigenvalue weighted by Crippen LogP contribution is 2.29. The van der Waals surface area contributed by atoms with Gasteiger partial charge in [-0.05, 0) is 70.4 Å². The molecule has 35 heavy (non-hydrogen) atoms. The highest BCUT2D eigenvalue weighted by Gasteiger charge is 2.37. The van der Waals surface area contributed by atoms with E-state index in [4.69, 9.17) is 10.6 Å². The van der Waals surface area contributed by atoms with E-state index in [1.54, 1.807) is 49.9 Å². The third-order valence-electron chi connectivity index (χ3n) is 5.64. The van der Waals surface area contributed by atoms with Crippen LogP contribution < -0.4 is 15.6 Å². The van der Waals surface area contributed by atoms with Crippen LogP contribution in [0.1, 0.15) is 55.2 Å². The molecule has 0 unspecified atom stereocenters. The minimum Gasteiger partial charge on any atom is -0.444 e. The Morgan fingerprint density at radius 2 is 1.89 bits per heavy atom. The molecule has 0 radical (unpaired) electrons. The average molecular weight is 504 g/mol. The Morgan fingerprint density at radius 1 is 1.20 bits per heavy atom. The summed E-state index contributed by atoms with van der Waals surface area (Å²) in [6.45, 7) is 7.87. The fourth-order valence-corrected chi connectivity index (χ4v) is 5.72. The van der Waals surface area contributed by atoms with E-state index in [9.17, 15) is 18.0 Å². The molecule has 3 N–H and O–H groups in total. The van der Waals surface area contributed by atoms with Gasteiger partial charge in [-0.2, -0.15) is 0 Å². The molecule has 0 atom stereocenters. The van der Waals surface area contributed by atoms with Gasteiger partial charge in [0, 0.05) is 19.3 Å². The molecule has 11 heteroatoms. The monoisotopic (exact) mass is 503 g/mol. The van der Waals surface area contributed by atoms with Gasteiger partial charge in [-0.25, -0.2) is 19.1 Å². The number of nitrogens with two attached hydrogens (primary N) is 1. The number of amides is 2. The quantitative estimate of drug-likeness (QED) is 0.351. The number of nitrogen functional groups attached to an aromatic ring is 1. The molecular formula is C24H33N5O5S. The normalized spacial score (nSPS) is 14.9. The van der Waals surface area contributed by atoms with Gasteiger partial charge in [0.2, 0.25) is 10.0 Å². The SMILES string of the molecule is Cc1cccc(N(Cc2ccc(C(=O)NN)cn2)S(=O)(=O)C2CCN(C(=O)OC(C)(C)C)CC2)c1. The topological polar surface area (TPSA) is 135 Å². The van der Waals surface area contributed by atoms with Gasteiger partial charge in [0.25, 0.3) is 5.91 Å². The van der Waals surface area contributed by atoms with Crippen molar-refractivity contribution < 1.29 is 22.7 Å². The van der Waals surface area contributed by atoms with Crippen LogP contribution >= 0.6 is 0 Å². The number of piperidine rings is 1. The van der Waals surface area contributed by atoms with Gasteiger partial charge in [0.1, 0.15) is 5.60 Å². The number of rotatable bonds is 6. The highest BCUT2D eigenvalue weighted by atomic mass is 32.2. The van der Waals surface area contributed by atoms with Gasteiger partial charge in [0.05, 0.1) is 28.7 Å². The first-order chi connectivity index (χ1) is 16.4. The molecule has 3 rings (SSSR count). The molecule has 10 nitrogen and oxygen atoms in total.